The molecule has 0 radical (unpaired) electrons. The van der Waals surface area contributed by atoms with E-state index in [2.05, 4.69) is 30.5 Å². The lowest BCUT2D eigenvalue weighted by molar-refractivity contribution is 0.0958. The van der Waals surface area contributed by atoms with Crippen LogP contribution in [-0.2, 0) is 0 Å². The van der Waals surface area contributed by atoms with Crippen LogP contribution in [0, 0.1) is 12.7 Å². The fraction of sp³-hybridized carbons (Fsp3) is 0.333. The monoisotopic (exact) mass is 442 g/mol. The standard InChI is InChI=1S/C21H23FN6O2S/c1-13-16(4-3-15(26-13)20(29)23-2)28-10-6-14(7-11-28)30-17-5-8-24-19(18(17)22)27-21-25-9-12-31-21/h3-5,8-9,12,14H,6-7,10-11H2,1-2H3,(H,23,29)(H,24,25,27). The number of anilines is 3. The quantitative estimate of drug-likeness (QED) is 0.603. The zero-order valence-electron chi connectivity index (χ0n) is 17.3. The third-order valence-corrected chi connectivity index (χ3v) is 5.79. The number of hydrogen-bond acceptors (Lipinski definition) is 8. The lowest BCUT2D eigenvalue weighted by Crippen LogP contribution is -2.39. The molecule has 3 aromatic heterocycles. The number of hydrogen-bond donors (Lipinski definition) is 2. The fourth-order valence-electron chi connectivity index (χ4n) is 3.53. The number of thiazole rings is 1. The third kappa shape index (κ3) is 4.74. The molecule has 0 atom stereocenters. The molecule has 0 bridgehead atoms. The molecule has 1 amide bonds. The van der Waals surface area contributed by atoms with E-state index < -0.39 is 5.82 Å². The molecule has 1 aliphatic rings. The van der Waals surface area contributed by atoms with Crippen LogP contribution < -0.4 is 20.3 Å². The second-order valence-electron chi connectivity index (χ2n) is 7.12. The minimum Gasteiger partial charge on any atom is -0.487 e. The number of amides is 1. The van der Waals surface area contributed by atoms with Gasteiger partial charge in [0.05, 0.1) is 11.4 Å². The maximum absolute atomic E-state index is 14.8. The molecule has 31 heavy (non-hydrogen) atoms. The molecule has 2 N–H and O–H groups in total. The molecule has 0 unspecified atom stereocenters. The van der Waals surface area contributed by atoms with Crippen LogP contribution in [0.25, 0.3) is 0 Å². The van der Waals surface area contributed by atoms with Crippen molar-refractivity contribution in [2.24, 2.45) is 0 Å². The molecule has 3 aromatic rings. The zero-order valence-corrected chi connectivity index (χ0v) is 18.1. The minimum absolute atomic E-state index is 0.0979. The number of piperidine rings is 1. The Morgan fingerprint density at radius 3 is 2.71 bits per heavy atom. The lowest BCUT2D eigenvalue weighted by atomic mass is 10.1. The topological polar surface area (TPSA) is 92.3 Å². The summed E-state index contributed by atoms with van der Waals surface area (Å²) in [5.41, 5.74) is 2.20. The van der Waals surface area contributed by atoms with Gasteiger partial charge in [0.25, 0.3) is 5.91 Å². The van der Waals surface area contributed by atoms with Gasteiger partial charge in [0.2, 0.25) is 5.82 Å². The van der Waals surface area contributed by atoms with Gasteiger partial charge >= 0.3 is 0 Å². The number of nitrogens with one attached hydrogen (secondary N) is 2. The first-order chi connectivity index (χ1) is 15.0. The largest absolute Gasteiger partial charge is 0.487 e. The Morgan fingerprint density at radius 1 is 1.23 bits per heavy atom. The van der Waals surface area contributed by atoms with Crippen molar-refractivity contribution in [3.8, 4) is 5.75 Å². The van der Waals surface area contributed by atoms with E-state index in [1.165, 1.54) is 17.5 Å². The summed E-state index contributed by atoms with van der Waals surface area (Å²) in [5.74, 6) is -0.446. The molecule has 4 heterocycles. The summed E-state index contributed by atoms with van der Waals surface area (Å²) in [5, 5.41) is 7.84. The fourth-order valence-corrected chi connectivity index (χ4v) is 4.06. The van der Waals surface area contributed by atoms with E-state index in [0.717, 1.165) is 37.3 Å². The highest BCUT2D eigenvalue weighted by Crippen LogP contribution is 2.29. The Balaban J connectivity index is 1.38. The lowest BCUT2D eigenvalue weighted by Gasteiger charge is -2.34. The molecule has 4 rings (SSSR count). The van der Waals surface area contributed by atoms with Gasteiger partial charge in [-0.3, -0.25) is 4.79 Å². The maximum atomic E-state index is 14.8. The number of aromatic nitrogens is 3. The molecule has 0 aliphatic carbocycles. The Morgan fingerprint density at radius 2 is 2.03 bits per heavy atom. The van der Waals surface area contributed by atoms with Crippen LogP contribution in [0.2, 0.25) is 0 Å². The third-order valence-electron chi connectivity index (χ3n) is 5.11. The summed E-state index contributed by atoms with van der Waals surface area (Å²) in [7, 11) is 1.59. The van der Waals surface area contributed by atoms with E-state index in [1.807, 2.05) is 13.0 Å². The molecule has 0 spiro atoms. The van der Waals surface area contributed by atoms with Crippen molar-refractivity contribution in [3.05, 3.63) is 53.2 Å². The second-order valence-corrected chi connectivity index (χ2v) is 8.01. The number of pyridine rings is 2. The van der Waals surface area contributed by atoms with Gasteiger partial charge in [-0.15, -0.1) is 11.3 Å². The molecule has 10 heteroatoms. The Kier molecular flexibility index (Phi) is 6.26. The summed E-state index contributed by atoms with van der Waals surface area (Å²) in [4.78, 5) is 26.5. The molecule has 162 valence electrons. The minimum atomic E-state index is -0.523. The number of ether oxygens (including phenoxy) is 1. The molecule has 1 aliphatic heterocycles. The van der Waals surface area contributed by atoms with Crippen molar-refractivity contribution in [1.29, 1.82) is 0 Å². The maximum Gasteiger partial charge on any atom is 0.269 e. The van der Waals surface area contributed by atoms with Crippen LogP contribution in [-0.4, -0.2) is 47.1 Å². The average molecular weight is 443 g/mol. The Bertz CT molecular complexity index is 1050. The SMILES string of the molecule is CNC(=O)c1ccc(N2CCC(Oc3ccnc(Nc4nccs4)c3F)CC2)c(C)n1. The van der Waals surface area contributed by atoms with Crippen molar-refractivity contribution in [3.63, 3.8) is 0 Å². The smallest absolute Gasteiger partial charge is 0.269 e. The number of rotatable bonds is 6. The van der Waals surface area contributed by atoms with E-state index in [4.69, 9.17) is 4.74 Å². The van der Waals surface area contributed by atoms with Gasteiger partial charge in [-0.1, -0.05) is 0 Å². The van der Waals surface area contributed by atoms with E-state index in [1.54, 1.807) is 30.8 Å². The summed E-state index contributed by atoms with van der Waals surface area (Å²) >= 11 is 1.37. The predicted molar refractivity (Wildman–Crippen MR) is 118 cm³/mol. The summed E-state index contributed by atoms with van der Waals surface area (Å²) < 4.78 is 20.8. The first-order valence-electron chi connectivity index (χ1n) is 9.97. The van der Waals surface area contributed by atoms with Crippen LogP contribution in [0.4, 0.5) is 21.0 Å². The van der Waals surface area contributed by atoms with Crippen molar-refractivity contribution in [1.82, 2.24) is 20.3 Å². The van der Waals surface area contributed by atoms with Crippen LogP contribution >= 0.6 is 11.3 Å². The first kappa shape index (κ1) is 21.0. The summed E-state index contributed by atoms with van der Waals surface area (Å²) in [6.07, 6.45) is 4.55. The van der Waals surface area contributed by atoms with Crippen LogP contribution in [0.5, 0.6) is 5.75 Å². The molecule has 0 saturated carbocycles. The van der Waals surface area contributed by atoms with Gasteiger partial charge in [0.1, 0.15) is 11.8 Å². The Labute approximate surface area is 183 Å². The van der Waals surface area contributed by atoms with E-state index >= 15 is 0 Å². The molecule has 1 saturated heterocycles. The molecule has 8 nitrogen and oxygen atoms in total. The van der Waals surface area contributed by atoms with Gasteiger partial charge in [0, 0.05) is 56.8 Å². The van der Waals surface area contributed by atoms with Gasteiger partial charge in [-0.2, -0.15) is 4.39 Å². The van der Waals surface area contributed by atoms with Gasteiger partial charge < -0.3 is 20.3 Å². The molecule has 1 fully saturated rings. The van der Waals surface area contributed by atoms with Crippen LogP contribution in [0.1, 0.15) is 29.0 Å². The van der Waals surface area contributed by atoms with E-state index in [-0.39, 0.29) is 23.6 Å². The highest BCUT2D eigenvalue weighted by molar-refractivity contribution is 7.13. The number of nitrogens with zero attached hydrogens (tertiary/aromatic N) is 4. The van der Waals surface area contributed by atoms with Crippen molar-refractivity contribution < 1.29 is 13.9 Å². The summed E-state index contributed by atoms with van der Waals surface area (Å²) in [6, 6.07) is 5.20. The van der Waals surface area contributed by atoms with Gasteiger partial charge in [-0.05, 0) is 19.1 Å². The zero-order chi connectivity index (χ0) is 21.8. The van der Waals surface area contributed by atoms with E-state index in [9.17, 15) is 9.18 Å². The normalized spacial score (nSPS) is 14.4. The molecule has 0 aromatic carbocycles. The Hall–Kier alpha value is -3.27. The first-order valence-corrected chi connectivity index (χ1v) is 10.9. The summed E-state index contributed by atoms with van der Waals surface area (Å²) in [6.45, 7) is 3.40. The number of halogens is 1. The van der Waals surface area contributed by atoms with Crippen molar-refractivity contribution >= 4 is 33.9 Å². The predicted octanol–water partition coefficient (Wildman–Crippen LogP) is 3.53. The highest BCUT2D eigenvalue weighted by Gasteiger charge is 2.24. The number of carbonyl (C=O) groups excluding carboxylic acids is 1. The molecular formula is C21H23FN6O2S. The van der Waals surface area contributed by atoms with Gasteiger partial charge in [0.15, 0.2) is 16.7 Å². The van der Waals surface area contributed by atoms with Gasteiger partial charge in [-0.25, -0.2) is 15.0 Å². The number of aryl methyl sites for hydroxylation is 1. The molecular weight excluding hydrogens is 419 g/mol. The van der Waals surface area contributed by atoms with E-state index in [0.29, 0.717) is 10.8 Å². The van der Waals surface area contributed by atoms with Crippen LogP contribution in [0.15, 0.2) is 36.0 Å². The second kappa shape index (κ2) is 9.25. The van der Waals surface area contributed by atoms with Crippen molar-refractivity contribution in [2.75, 3.05) is 30.4 Å². The van der Waals surface area contributed by atoms with Crippen LogP contribution in [0.3, 0.4) is 0 Å². The highest BCUT2D eigenvalue weighted by atomic mass is 32.1. The average Bonchev–Trinajstić information content (AvgIpc) is 3.30. The number of carbonyl (C=O) groups is 1. The van der Waals surface area contributed by atoms with Crippen molar-refractivity contribution in [2.45, 2.75) is 25.9 Å².